The van der Waals surface area contributed by atoms with Gasteiger partial charge in [-0.05, 0) is 31.7 Å². The van der Waals surface area contributed by atoms with Crippen molar-refractivity contribution in [1.82, 2.24) is 14.9 Å². The van der Waals surface area contributed by atoms with Crippen molar-refractivity contribution >= 4 is 5.82 Å². The van der Waals surface area contributed by atoms with Gasteiger partial charge in [-0.1, -0.05) is 33.6 Å². The van der Waals surface area contributed by atoms with E-state index < -0.39 is 0 Å². The minimum Gasteiger partial charge on any atom is -0.391 e. The Balaban J connectivity index is 1.54. The number of anilines is 1. The van der Waals surface area contributed by atoms with Crippen molar-refractivity contribution in [3.8, 4) is 0 Å². The molecule has 24 heavy (non-hydrogen) atoms. The van der Waals surface area contributed by atoms with Crippen molar-refractivity contribution in [2.24, 2.45) is 0 Å². The van der Waals surface area contributed by atoms with Crippen molar-refractivity contribution in [3.05, 3.63) is 18.1 Å². The van der Waals surface area contributed by atoms with Gasteiger partial charge >= 0.3 is 0 Å². The Hall–Kier alpha value is -1.20. The molecule has 0 amide bonds. The van der Waals surface area contributed by atoms with Gasteiger partial charge in [0.2, 0.25) is 0 Å². The van der Waals surface area contributed by atoms with E-state index in [0.29, 0.717) is 12.1 Å². The van der Waals surface area contributed by atoms with Gasteiger partial charge in [-0.15, -0.1) is 0 Å². The van der Waals surface area contributed by atoms with E-state index in [2.05, 4.69) is 41.0 Å². The molecule has 134 valence electrons. The zero-order chi connectivity index (χ0) is 17.2. The zero-order valence-electron chi connectivity index (χ0n) is 15.3. The summed E-state index contributed by atoms with van der Waals surface area (Å²) in [6.07, 6.45) is 8.51. The van der Waals surface area contributed by atoms with Crippen LogP contribution in [0.15, 0.2) is 12.3 Å². The molecule has 2 unspecified atom stereocenters. The minimum atomic E-state index is -0.125. The predicted octanol–water partition coefficient (Wildman–Crippen LogP) is 2.95. The molecule has 2 atom stereocenters. The van der Waals surface area contributed by atoms with Crippen LogP contribution >= 0.6 is 0 Å². The molecular formula is C19H32N4O. The number of nitrogens with one attached hydrogen (secondary N) is 1. The summed E-state index contributed by atoms with van der Waals surface area (Å²) in [4.78, 5) is 11.6. The highest BCUT2D eigenvalue weighted by atomic mass is 16.3. The first-order valence-corrected chi connectivity index (χ1v) is 9.45. The third-order valence-corrected chi connectivity index (χ3v) is 5.37. The van der Waals surface area contributed by atoms with Crippen LogP contribution < -0.4 is 5.32 Å². The summed E-state index contributed by atoms with van der Waals surface area (Å²) >= 11 is 0. The van der Waals surface area contributed by atoms with Crippen LogP contribution in [-0.4, -0.2) is 51.3 Å². The maximum Gasteiger partial charge on any atom is 0.135 e. The van der Waals surface area contributed by atoms with Gasteiger partial charge in [-0.2, -0.15) is 0 Å². The molecule has 2 aliphatic rings. The molecule has 2 fully saturated rings. The molecule has 0 spiro atoms. The van der Waals surface area contributed by atoms with E-state index in [-0.39, 0.29) is 11.5 Å². The third-order valence-electron chi connectivity index (χ3n) is 5.37. The molecule has 0 radical (unpaired) electrons. The van der Waals surface area contributed by atoms with E-state index in [1.165, 1.54) is 12.8 Å². The average Bonchev–Trinajstić information content (AvgIpc) is 2.56. The van der Waals surface area contributed by atoms with E-state index in [1.54, 1.807) is 0 Å². The van der Waals surface area contributed by atoms with Crippen LogP contribution in [0, 0.1) is 0 Å². The van der Waals surface area contributed by atoms with E-state index in [4.69, 9.17) is 0 Å². The molecule has 0 bridgehead atoms. The van der Waals surface area contributed by atoms with E-state index in [9.17, 15) is 5.11 Å². The van der Waals surface area contributed by atoms with Gasteiger partial charge in [0.05, 0.1) is 6.10 Å². The van der Waals surface area contributed by atoms with Gasteiger partial charge < -0.3 is 10.4 Å². The lowest BCUT2D eigenvalue weighted by Gasteiger charge is -2.41. The highest BCUT2D eigenvalue weighted by Crippen LogP contribution is 2.27. The fourth-order valence-corrected chi connectivity index (χ4v) is 3.90. The first kappa shape index (κ1) is 17.6. The largest absolute Gasteiger partial charge is 0.391 e. The van der Waals surface area contributed by atoms with Gasteiger partial charge in [-0.3, -0.25) is 4.90 Å². The molecule has 1 saturated carbocycles. The molecule has 3 rings (SSSR count). The lowest BCUT2D eigenvalue weighted by Crippen LogP contribution is -2.50. The number of likely N-dealkylation sites (tertiary alicyclic amines) is 1. The molecule has 1 saturated heterocycles. The monoisotopic (exact) mass is 332 g/mol. The first-order valence-electron chi connectivity index (χ1n) is 9.45. The topological polar surface area (TPSA) is 61.3 Å². The second kappa shape index (κ2) is 7.36. The molecule has 5 heteroatoms. The summed E-state index contributed by atoms with van der Waals surface area (Å²) in [5, 5.41) is 13.8. The summed E-state index contributed by atoms with van der Waals surface area (Å²) < 4.78 is 0. The van der Waals surface area contributed by atoms with Crippen molar-refractivity contribution < 1.29 is 5.11 Å². The molecule has 1 aliphatic heterocycles. The number of hydrogen-bond donors (Lipinski definition) is 2. The van der Waals surface area contributed by atoms with Crippen LogP contribution in [0.2, 0.25) is 0 Å². The Labute approximate surface area is 145 Å². The fraction of sp³-hybridized carbons (Fsp3) is 0.789. The summed E-state index contributed by atoms with van der Waals surface area (Å²) in [6.45, 7) is 8.55. The van der Waals surface area contributed by atoms with E-state index >= 15 is 0 Å². The van der Waals surface area contributed by atoms with Crippen molar-refractivity contribution in [2.45, 2.75) is 82.9 Å². The highest BCUT2D eigenvalue weighted by molar-refractivity contribution is 5.35. The maximum atomic E-state index is 10.3. The Kier molecular flexibility index (Phi) is 5.40. The van der Waals surface area contributed by atoms with Crippen LogP contribution in [0.3, 0.4) is 0 Å². The highest BCUT2D eigenvalue weighted by Gasteiger charge is 2.31. The Morgan fingerprint density at radius 1 is 1.12 bits per heavy atom. The van der Waals surface area contributed by atoms with E-state index in [1.807, 2.05) is 12.3 Å². The Bertz CT molecular complexity index is 534. The van der Waals surface area contributed by atoms with Gasteiger partial charge in [0.25, 0.3) is 0 Å². The van der Waals surface area contributed by atoms with Crippen LogP contribution in [0.4, 0.5) is 5.82 Å². The molecule has 0 aromatic carbocycles. The van der Waals surface area contributed by atoms with Crippen molar-refractivity contribution in [3.63, 3.8) is 0 Å². The number of rotatable bonds is 3. The van der Waals surface area contributed by atoms with Crippen molar-refractivity contribution in [2.75, 3.05) is 18.4 Å². The second-order valence-electron chi connectivity index (χ2n) is 8.39. The second-order valence-corrected chi connectivity index (χ2v) is 8.39. The zero-order valence-corrected chi connectivity index (χ0v) is 15.3. The molecule has 2 heterocycles. The number of piperidine rings is 1. The van der Waals surface area contributed by atoms with Crippen LogP contribution in [0.5, 0.6) is 0 Å². The van der Waals surface area contributed by atoms with Crippen LogP contribution in [0.1, 0.15) is 65.1 Å². The average molecular weight is 332 g/mol. The summed E-state index contributed by atoms with van der Waals surface area (Å²) in [7, 11) is 0. The fourth-order valence-electron chi connectivity index (χ4n) is 3.90. The van der Waals surface area contributed by atoms with Gasteiger partial charge in [0.1, 0.15) is 11.6 Å². The minimum absolute atomic E-state index is 0.0296. The lowest BCUT2D eigenvalue weighted by molar-refractivity contribution is 0.00992. The molecule has 1 aromatic heterocycles. The van der Waals surface area contributed by atoms with Gasteiger partial charge in [0, 0.05) is 36.8 Å². The molecule has 5 nitrogen and oxygen atoms in total. The predicted molar refractivity (Wildman–Crippen MR) is 97.2 cm³/mol. The SMILES string of the molecule is CC(C)(C)c1nccc(NC2CCN(C3CCCCC3O)CC2)n1. The maximum absolute atomic E-state index is 10.3. The molecule has 1 aromatic rings. The number of aromatic nitrogens is 2. The summed E-state index contributed by atoms with van der Waals surface area (Å²) in [6, 6.07) is 2.81. The number of aliphatic hydroxyl groups excluding tert-OH is 1. The standard InChI is InChI=1S/C19H32N4O/c1-19(2,3)18-20-11-8-17(22-18)21-14-9-12-23(13-10-14)15-6-4-5-7-16(15)24/h8,11,14-16,24H,4-7,9-10,12-13H2,1-3H3,(H,20,21,22). The normalized spacial score (nSPS) is 27.2. The Morgan fingerprint density at radius 3 is 2.50 bits per heavy atom. The van der Waals surface area contributed by atoms with E-state index in [0.717, 1.165) is 50.4 Å². The van der Waals surface area contributed by atoms with Crippen LogP contribution in [-0.2, 0) is 5.41 Å². The Morgan fingerprint density at radius 2 is 1.83 bits per heavy atom. The molecule has 2 N–H and O–H groups in total. The van der Waals surface area contributed by atoms with Crippen LogP contribution in [0.25, 0.3) is 0 Å². The smallest absolute Gasteiger partial charge is 0.135 e. The molecular weight excluding hydrogens is 300 g/mol. The van der Waals surface area contributed by atoms with Gasteiger partial charge in [0.15, 0.2) is 0 Å². The van der Waals surface area contributed by atoms with Gasteiger partial charge in [-0.25, -0.2) is 9.97 Å². The number of aliphatic hydroxyl groups is 1. The summed E-state index contributed by atoms with van der Waals surface area (Å²) in [5.74, 6) is 1.82. The number of hydrogen-bond acceptors (Lipinski definition) is 5. The van der Waals surface area contributed by atoms with Crippen molar-refractivity contribution in [1.29, 1.82) is 0 Å². The number of nitrogens with zero attached hydrogens (tertiary/aromatic N) is 3. The summed E-state index contributed by atoms with van der Waals surface area (Å²) in [5.41, 5.74) is -0.0296. The third kappa shape index (κ3) is 4.25. The molecule has 1 aliphatic carbocycles. The quantitative estimate of drug-likeness (QED) is 0.891. The lowest BCUT2D eigenvalue weighted by atomic mass is 9.89. The first-order chi connectivity index (χ1) is 11.4.